The first-order chi connectivity index (χ1) is 11.6. The molecule has 126 valence electrons. The van der Waals surface area contributed by atoms with Crippen molar-refractivity contribution < 1.29 is 9.90 Å². The number of aryl methyl sites for hydroxylation is 1. The predicted molar refractivity (Wildman–Crippen MR) is 94.8 cm³/mol. The van der Waals surface area contributed by atoms with Crippen molar-refractivity contribution in [1.82, 2.24) is 19.9 Å². The number of rotatable bonds is 6. The summed E-state index contributed by atoms with van der Waals surface area (Å²) < 4.78 is 1.93. The van der Waals surface area contributed by atoms with Gasteiger partial charge in [0, 0.05) is 13.2 Å². The van der Waals surface area contributed by atoms with Gasteiger partial charge in [-0.3, -0.25) is 4.79 Å². The van der Waals surface area contributed by atoms with E-state index in [1.165, 1.54) is 11.3 Å². The molecule has 1 amide bonds. The minimum atomic E-state index is -0.0955. The van der Waals surface area contributed by atoms with Gasteiger partial charge >= 0.3 is 0 Å². The van der Waals surface area contributed by atoms with Gasteiger partial charge < -0.3 is 15.0 Å². The minimum absolute atomic E-state index is 0.0386. The fraction of sp³-hybridized carbons (Fsp3) is 0.353. The van der Waals surface area contributed by atoms with Crippen LogP contribution in [0.3, 0.4) is 0 Å². The number of aliphatic hydroxyl groups excluding tert-OH is 1. The lowest BCUT2D eigenvalue weighted by atomic mass is 10.2. The van der Waals surface area contributed by atoms with E-state index < -0.39 is 0 Å². The fourth-order valence-corrected chi connectivity index (χ4v) is 3.28. The fourth-order valence-electron chi connectivity index (χ4n) is 2.48. The molecule has 7 heteroatoms. The summed E-state index contributed by atoms with van der Waals surface area (Å²) in [6.45, 7) is 4.53. The Balaban J connectivity index is 1.94. The maximum Gasteiger partial charge on any atom is 0.240 e. The van der Waals surface area contributed by atoms with Gasteiger partial charge in [-0.15, -0.1) is 11.3 Å². The van der Waals surface area contributed by atoms with Crippen molar-refractivity contribution in [1.29, 1.82) is 0 Å². The van der Waals surface area contributed by atoms with Crippen molar-refractivity contribution in [3.63, 3.8) is 0 Å². The molecule has 0 bridgehead atoms. The molecule has 0 spiro atoms. The third-order valence-electron chi connectivity index (χ3n) is 3.86. The first-order valence-corrected chi connectivity index (χ1v) is 8.71. The van der Waals surface area contributed by atoms with Gasteiger partial charge in [-0.1, -0.05) is 19.1 Å². The van der Waals surface area contributed by atoms with Crippen molar-refractivity contribution >= 4 is 28.3 Å². The van der Waals surface area contributed by atoms with Gasteiger partial charge in [0.2, 0.25) is 5.91 Å². The number of hydrogen-bond acceptors (Lipinski definition) is 5. The molecule has 6 nitrogen and oxygen atoms in total. The zero-order chi connectivity index (χ0) is 17.1. The second kappa shape index (κ2) is 7.11. The molecule has 2 heterocycles. The molecule has 0 saturated carbocycles. The van der Waals surface area contributed by atoms with Crippen LogP contribution in [0.25, 0.3) is 21.7 Å². The lowest BCUT2D eigenvalue weighted by Crippen LogP contribution is -2.32. The highest BCUT2D eigenvalue weighted by molar-refractivity contribution is 7.13. The summed E-state index contributed by atoms with van der Waals surface area (Å²) in [7, 11) is 0. The standard InChI is InChI=1S/C17H20N4O2S/c1-11(9-22)7-18-15(23)8-21-14-6-4-3-5-13(14)20-17(21)16-12(2)19-10-24-16/h3-6,10-11,22H,7-9H2,1-2H3,(H,18,23). The third kappa shape index (κ3) is 3.32. The number of amides is 1. The van der Waals surface area contributed by atoms with Crippen LogP contribution in [0.5, 0.6) is 0 Å². The van der Waals surface area contributed by atoms with Crippen molar-refractivity contribution in [3.8, 4) is 10.7 Å². The van der Waals surface area contributed by atoms with Gasteiger partial charge in [-0.05, 0) is 25.0 Å². The molecule has 2 N–H and O–H groups in total. The summed E-state index contributed by atoms with van der Waals surface area (Å²) >= 11 is 1.52. The molecule has 0 aliphatic heterocycles. The highest BCUT2D eigenvalue weighted by atomic mass is 32.1. The predicted octanol–water partition coefficient (Wildman–Crippen LogP) is 2.21. The maximum atomic E-state index is 12.3. The van der Waals surface area contributed by atoms with Crippen LogP contribution in [-0.4, -0.2) is 38.7 Å². The number of benzene rings is 1. The molecule has 0 aliphatic carbocycles. The Bertz CT molecular complexity index is 855. The topological polar surface area (TPSA) is 80.0 Å². The van der Waals surface area contributed by atoms with E-state index in [-0.39, 0.29) is 25.0 Å². The zero-order valence-corrected chi connectivity index (χ0v) is 14.5. The first kappa shape index (κ1) is 16.6. The Morgan fingerprint density at radius 2 is 2.21 bits per heavy atom. The zero-order valence-electron chi connectivity index (χ0n) is 13.7. The molecule has 0 radical (unpaired) electrons. The van der Waals surface area contributed by atoms with Crippen molar-refractivity contribution in [2.45, 2.75) is 20.4 Å². The van der Waals surface area contributed by atoms with Gasteiger partial charge in [0.05, 0.1) is 27.1 Å². The van der Waals surface area contributed by atoms with E-state index in [0.29, 0.717) is 6.54 Å². The summed E-state index contributed by atoms with van der Waals surface area (Å²) in [4.78, 5) is 22.3. The number of carbonyl (C=O) groups excluding carboxylic acids is 1. The highest BCUT2D eigenvalue weighted by Crippen LogP contribution is 2.29. The van der Waals surface area contributed by atoms with E-state index in [9.17, 15) is 4.79 Å². The average Bonchev–Trinajstić information content (AvgIpc) is 3.16. The molecule has 1 unspecified atom stereocenters. The Labute approximate surface area is 144 Å². The van der Waals surface area contributed by atoms with Crippen LogP contribution in [0.1, 0.15) is 12.6 Å². The second-order valence-electron chi connectivity index (χ2n) is 5.87. The number of imidazole rings is 1. The maximum absolute atomic E-state index is 12.3. The number of fused-ring (bicyclic) bond motifs is 1. The molecule has 0 fully saturated rings. The van der Waals surface area contributed by atoms with Crippen LogP contribution >= 0.6 is 11.3 Å². The monoisotopic (exact) mass is 344 g/mol. The number of nitrogens with one attached hydrogen (secondary N) is 1. The summed E-state index contributed by atoms with van der Waals surface area (Å²) in [5.74, 6) is 0.708. The number of nitrogens with zero attached hydrogens (tertiary/aromatic N) is 3. The average molecular weight is 344 g/mol. The Morgan fingerprint density at radius 3 is 2.92 bits per heavy atom. The number of aliphatic hydroxyl groups is 1. The first-order valence-electron chi connectivity index (χ1n) is 7.83. The quantitative estimate of drug-likeness (QED) is 0.718. The number of aromatic nitrogens is 3. The van der Waals surface area contributed by atoms with Crippen LogP contribution in [0.4, 0.5) is 0 Å². The normalized spacial score (nSPS) is 12.5. The summed E-state index contributed by atoms with van der Waals surface area (Å²) in [5, 5.41) is 11.9. The number of para-hydroxylation sites is 2. The van der Waals surface area contributed by atoms with Gasteiger partial charge in [0.25, 0.3) is 0 Å². The molecule has 3 rings (SSSR count). The van der Waals surface area contributed by atoms with Gasteiger partial charge in [-0.2, -0.15) is 0 Å². The van der Waals surface area contributed by atoms with Gasteiger partial charge in [0.15, 0.2) is 5.82 Å². The van der Waals surface area contributed by atoms with E-state index in [2.05, 4.69) is 10.3 Å². The van der Waals surface area contributed by atoms with Crippen molar-refractivity contribution in [2.75, 3.05) is 13.2 Å². The second-order valence-corrected chi connectivity index (χ2v) is 6.72. The molecule has 24 heavy (non-hydrogen) atoms. The summed E-state index contributed by atoms with van der Waals surface area (Å²) in [5.41, 5.74) is 4.48. The van der Waals surface area contributed by atoms with Gasteiger partial charge in [-0.25, -0.2) is 9.97 Å². The highest BCUT2D eigenvalue weighted by Gasteiger charge is 2.18. The lowest BCUT2D eigenvalue weighted by molar-refractivity contribution is -0.121. The van der Waals surface area contributed by atoms with Crippen molar-refractivity contribution in [2.24, 2.45) is 5.92 Å². The van der Waals surface area contributed by atoms with Crippen LogP contribution < -0.4 is 5.32 Å². The van der Waals surface area contributed by atoms with E-state index in [0.717, 1.165) is 27.4 Å². The molecule has 1 aromatic carbocycles. The van der Waals surface area contributed by atoms with E-state index in [1.807, 2.05) is 42.7 Å². The van der Waals surface area contributed by atoms with Crippen LogP contribution in [-0.2, 0) is 11.3 Å². The van der Waals surface area contributed by atoms with Gasteiger partial charge in [0.1, 0.15) is 6.54 Å². The molecular weight excluding hydrogens is 324 g/mol. The summed E-state index contributed by atoms with van der Waals surface area (Å²) in [6.07, 6.45) is 0. The number of thiazole rings is 1. The SMILES string of the molecule is Cc1ncsc1-c1nc2ccccc2n1CC(=O)NCC(C)CO. The van der Waals surface area contributed by atoms with E-state index >= 15 is 0 Å². The molecule has 0 saturated heterocycles. The molecular formula is C17H20N4O2S. The molecule has 2 aromatic heterocycles. The Kier molecular flexibility index (Phi) is 4.92. The number of hydrogen-bond donors (Lipinski definition) is 2. The minimum Gasteiger partial charge on any atom is -0.396 e. The van der Waals surface area contributed by atoms with Crippen molar-refractivity contribution in [3.05, 3.63) is 35.5 Å². The molecule has 3 aromatic rings. The number of carbonyl (C=O) groups is 1. The molecule has 0 aliphatic rings. The van der Waals surface area contributed by atoms with Crippen LogP contribution in [0.15, 0.2) is 29.8 Å². The Morgan fingerprint density at radius 1 is 1.42 bits per heavy atom. The molecule has 1 atom stereocenters. The largest absolute Gasteiger partial charge is 0.396 e. The summed E-state index contributed by atoms with van der Waals surface area (Å²) in [6, 6.07) is 7.78. The third-order valence-corrected chi connectivity index (χ3v) is 4.79. The van der Waals surface area contributed by atoms with Crippen LogP contribution in [0, 0.1) is 12.8 Å². The Hall–Kier alpha value is -2.25. The lowest BCUT2D eigenvalue weighted by Gasteiger charge is -2.12. The van der Waals surface area contributed by atoms with E-state index in [1.54, 1.807) is 5.51 Å². The van der Waals surface area contributed by atoms with Crippen LogP contribution in [0.2, 0.25) is 0 Å². The van der Waals surface area contributed by atoms with E-state index in [4.69, 9.17) is 10.1 Å². The smallest absolute Gasteiger partial charge is 0.240 e.